The van der Waals surface area contributed by atoms with Crippen LogP contribution in [0.2, 0.25) is 0 Å². The van der Waals surface area contributed by atoms with E-state index in [1.807, 2.05) is 4.90 Å². The van der Waals surface area contributed by atoms with Crippen LogP contribution in [-0.4, -0.2) is 65.4 Å². The minimum atomic E-state index is -0.0204. The number of rotatable bonds is 4. The molecule has 2 rings (SSSR count). The van der Waals surface area contributed by atoms with Gasteiger partial charge in [0.05, 0.1) is 12.4 Å². The summed E-state index contributed by atoms with van der Waals surface area (Å²) in [5, 5.41) is 3.16. The Morgan fingerprint density at radius 1 is 1.30 bits per heavy atom. The molecule has 0 saturated carbocycles. The SMILES string of the molecule is CCCNc1cncc(C(=O)N2CCCN(C)CC2)n1. The van der Waals surface area contributed by atoms with Crippen LogP contribution in [0.5, 0.6) is 0 Å². The molecule has 6 heteroatoms. The van der Waals surface area contributed by atoms with E-state index in [4.69, 9.17) is 0 Å². The second-order valence-corrected chi connectivity index (χ2v) is 5.17. The van der Waals surface area contributed by atoms with Gasteiger partial charge in [-0.15, -0.1) is 0 Å². The maximum atomic E-state index is 12.5. The van der Waals surface area contributed by atoms with Gasteiger partial charge in [0.1, 0.15) is 11.5 Å². The van der Waals surface area contributed by atoms with Crippen LogP contribution in [0.4, 0.5) is 5.82 Å². The van der Waals surface area contributed by atoms with Gasteiger partial charge in [-0.2, -0.15) is 0 Å². The fourth-order valence-corrected chi connectivity index (χ4v) is 2.22. The fraction of sp³-hybridized carbons (Fsp3) is 0.643. The maximum Gasteiger partial charge on any atom is 0.274 e. The third-order valence-corrected chi connectivity index (χ3v) is 3.42. The van der Waals surface area contributed by atoms with E-state index in [-0.39, 0.29) is 5.91 Å². The molecule has 1 saturated heterocycles. The minimum absolute atomic E-state index is 0.0204. The van der Waals surface area contributed by atoms with Crippen molar-refractivity contribution in [1.29, 1.82) is 0 Å². The van der Waals surface area contributed by atoms with E-state index in [2.05, 4.69) is 34.2 Å². The Hall–Kier alpha value is -1.69. The van der Waals surface area contributed by atoms with Gasteiger partial charge in [0.25, 0.3) is 5.91 Å². The predicted molar refractivity (Wildman–Crippen MR) is 78.8 cm³/mol. The second kappa shape index (κ2) is 7.19. The van der Waals surface area contributed by atoms with Crippen LogP contribution < -0.4 is 5.32 Å². The molecule has 0 atom stereocenters. The number of anilines is 1. The number of hydrogen-bond donors (Lipinski definition) is 1. The number of likely N-dealkylation sites (N-methyl/N-ethyl adjacent to an activating group) is 1. The number of aromatic nitrogens is 2. The monoisotopic (exact) mass is 277 g/mol. The van der Waals surface area contributed by atoms with Gasteiger partial charge in [-0.1, -0.05) is 6.92 Å². The largest absolute Gasteiger partial charge is 0.369 e. The van der Waals surface area contributed by atoms with Crippen molar-refractivity contribution in [3.05, 3.63) is 18.1 Å². The summed E-state index contributed by atoms with van der Waals surface area (Å²) >= 11 is 0. The number of carbonyl (C=O) groups is 1. The third-order valence-electron chi connectivity index (χ3n) is 3.42. The zero-order valence-corrected chi connectivity index (χ0v) is 12.3. The van der Waals surface area contributed by atoms with E-state index in [0.29, 0.717) is 11.5 Å². The Labute approximate surface area is 120 Å². The first-order valence-corrected chi connectivity index (χ1v) is 7.24. The fourth-order valence-electron chi connectivity index (χ4n) is 2.22. The van der Waals surface area contributed by atoms with Gasteiger partial charge >= 0.3 is 0 Å². The molecule has 0 unspecified atom stereocenters. The number of amides is 1. The summed E-state index contributed by atoms with van der Waals surface area (Å²) in [5.74, 6) is 0.651. The lowest BCUT2D eigenvalue weighted by Crippen LogP contribution is -2.35. The Bertz CT molecular complexity index is 451. The molecular weight excluding hydrogens is 254 g/mol. The van der Waals surface area contributed by atoms with Crippen LogP contribution in [-0.2, 0) is 0 Å². The van der Waals surface area contributed by atoms with E-state index >= 15 is 0 Å². The summed E-state index contributed by atoms with van der Waals surface area (Å²) < 4.78 is 0. The lowest BCUT2D eigenvalue weighted by molar-refractivity contribution is 0.0756. The van der Waals surface area contributed by atoms with Crippen molar-refractivity contribution < 1.29 is 4.79 Å². The highest BCUT2D eigenvalue weighted by Crippen LogP contribution is 2.08. The Morgan fingerprint density at radius 3 is 2.95 bits per heavy atom. The summed E-state index contributed by atoms with van der Waals surface area (Å²) in [7, 11) is 2.09. The van der Waals surface area contributed by atoms with Crippen LogP contribution >= 0.6 is 0 Å². The van der Waals surface area contributed by atoms with Crippen molar-refractivity contribution in [2.45, 2.75) is 19.8 Å². The first-order chi connectivity index (χ1) is 9.70. The Morgan fingerprint density at radius 2 is 2.15 bits per heavy atom. The molecule has 0 aliphatic carbocycles. The van der Waals surface area contributed by atoms with E-state index in [1.165, 1.54) is 0 Å². The van der Waals surface area contributed by atoms with Crippen LogP contribution in [0.1, 0.15) is 30.3 Å². The molecular formula is C14H23N5O. The summed E-state index contributed by atoms with van der Waals surface area (Å²) in [6.45, 7) is 6.41. The molecule has 6 nitrogen and oxygen atoms in total. The molecule has 0 bridgehead atoms. The normalized spacial score (nSPS) is 16.8. The number of hydrogen-bond acceptors (Lipinski definition) is 5. The standard InChI is InChI=1S/C14H23N5O/c1-3-5-16-13-11-15-10-12(17-13)14(20)19-7-4-6-18(2)8-9-19/h10-11H,3-9H2,1-2H3,(H,16,17). The van der Waals surface area contributed by atoms with Gasteiger partial charge < -0.3 is 15.1 Å². The summed E-state index contributed by atoms with van der Waals surface area (Å²) in [6.07, 6.45) is 5.22. The topological polar surface area (TPSA) is 61.4 Å². The van der Waals surface area contributed by atoms with Crippen molar-refractivity contribution in [1.82, 2.24) is 19.8 Å². The van der Waals surface area contributed by atoms with Crippen molar-refractivity contribution in [3.63, 3.8) is 0 Å². The predicted octanol–water partition coefficient (Wildman–Crippen LogP) is 1.08. The Kier molecular flexibility index (Phi) is 5.29. The lowest BCUT2D eigenvalue weighted by atomic mass is 10.3. The number of carbonyl (C=O) groups excluding carboxylic acids is 1. The molecule has 0 spiro atoms. The molecule has 20 heavy (non-hydrogen) atoms. The molecule has 1 aliphatic rings. The highest BCUT2D eigenvalue weighted by Gasteiger charge is 2.20. The highest BCUT2D eigenvalue weighted by molar-refractivity contribution is 5.92. The highest BCUT2D eigenvalue weighted by atomic mass is 16.2. The average molecular weight is 277 g/mol. The molecule has 1 aromatic heterocycles. The molecule has 1 aliphatic heterocycles. The van der Waals surface area contributed by atoms with Crippen LogP contribution in [0, 0.1) is 0 Å². The van der Waals surface area contributed by atoms with Crippen LogP contribution in [0.15, 0.2) is 12.4 Å². The quantitative estimate of drug-likeness (QED) is 0.892. The molecule has 1 fully saturated rings. The van der Waals surface area contributed by atoms with Crippen molar-refractivity contribution >= 4 is 11.7 Å². The van der Waals surface area contributed by atoms with Gasteiger partial charge in [-0.25, -0.2) is 4.98 Å². The first-order valence-electron chi connectivity index (χ1n) is 7.24. The van der Waals surface area contributed by atoms with Crippen molar-refractivity contribution in [3.8, 4) is 0 Å². The molecule has 0 aromatic carbocycles. The Balaban J connectivity index is 2.04. The van der Waals surface area contributed by atoms with Crippen LogP contribution in [0.25, 0.3) is 0 Å². The lowest BCUT2D eigenvalue weighted by Gasteiger charge is -2.20. The van der Waals surface area contributed by atoms with Crippen molar-refractivity contribution in [2.24, 2.45) is 0 Å². The molecule has 1 N–H and O–H groups in total. The van der Waals surface area contributed by atoms with Crippen LogP contribution in [0.3, 0.4) is 0 Å². The van der Waals surface area contributed by atoms with E-state index in [1.54, 1.807) is 12.4 Å². The maximum absolute atomic E-state index is 12.5. The van der Waals surface area contributed by atoms with Crippen molar-refractivity contribution in [2.75, 3.05) is 45.1 Å². The number of nitrogens with one attached hydrogen (secondary N) is 1. The molecule has 2 heterocycles. The molecule has 0 radical (unpaired) electrons. The summed E-state index contributed by atoms with van der Waals surface area (Å²) in [5.41, 5.74) is 0.427. The van der Waals surface area contributed by atoms with E-state index in [9.17, 15) is 4.79 Å². The van der Waals surface area contributed by atoms with E-state index in [0.717, 1.165) is 45.6 Å². The van der Waals surface area contributed by atoms with E-state index < -0.39 is 0 Å². The third kappa shape index (κ3) is 3.90. The molecule has 1 aromatic rings. The zero-order valence-electron chi connectivity index (χ0n) is 12.3. The zero-order chi connectivity index (χ0) is 14.4. The van der Waals surface area contributed by atoms with Gasteiger partial charge in [-0.05, 0) is 26.4 Å². The molecule has 110 valence electrons. The summed E-state index contributed by atoms with van der Waals surface area (Å²) in [6, 6.07) is 0. The second-order valence-electron chi connectivity index (χ2n) is 5.17. The first kappa shape index (κ1) is 14.7. The smallest absolute Gasteiger partial charge is 0.274 e. The minimum Gasteiger partial charge on any atom is -0.369 e. The number of nitrogens with zero attached hydrogens (tertiary/aromatic N) is 4. The average Bonchev–Trinajstić information content (AvgIpc) is 2.69. The van der Waals surface area contributed by atoms with Gasteiger partial charge in [0.15, 0.2) is 0 Å². The molecule has 1 amide bonds. The van der Waals surface area contributed by atoms with Gasteiger partial charge in [-0.3, -0.25) is 9.78 Å². The van der Waals surface area contributed by atoms with Gasteiger partial charge in [0.2, 0.25) is 0 Å². The summed E-state index contributed by atoms with van der Waals surface area (Å²) in [4.78, 5) is 25.0. The van der Waals surface area contributed by atoms with Gasteiger partial charge in [0, 0.05) is 26.2 Å².